The lowest BCUT2D eigenvalue weighted by Crippen LogP contribution is -2.57. The molecule has 1 aromatic heterocycles. The van der Waals surface area contributed by atoms with E-state index in [4.69, 9.17) is 14.0 Å². The molecule has 0 radical (unpaired) electrons. The number of rotatable bonds is 6. The van der Waals surface area contributed by atoms with Crippen LogP contribution in [0, 0.1) is 6.92 Å². The van der Waals surface area contributed by atoms with E-state index in [0.717, 1.165) is 0 Å². The second kappa shape index (κ2) is 7.76. The number of nitrogens with zero attached hydrogens (tertiary/aromatic N) is 2. The lowest BCUT2D eigenvalue weighted by atomic mass is 9.96. The Bertz CT molecular complexity index is 597. The van der Waals surface area contributed by atoms with Crippen LogP contribution in [0.3, 0.4) is 0 Å². The molecular formula is C16H25N3O5. The third kappa shape index (κ3) is 3.76. The molecule has 1 fully saturated rings. The summed E-state index contributed by atoms with van der Waals surface area (Å²) >= 11 is 0. The number of methoxy groups -OCH3 is 1. The minimum Gasteiger partial charge on any atom is -0.382 e. The van der Waals surface area contributed by atoms with E-state index in [0.29, 0.717) is 36.6 Å². The monoisotopic (exact) mass is 339 g/mol. The Labute approximate surface area is 141 Å². The Morgan fingerprint density at radius 1 is 1.46 bits per heavy atom. The van der Waals surface area contributed by atoms with Crippen LogP contribution in [0.5, 0.6) is 0 Å². The van der Waals surface area contributed by atoms with Crippen LogP contribution in [0.2, 0.25) is 0 Å². The molecule has 0 aliphatic carbocycles. The van der Waals surface area contributed by atoms with E-state index in [1.165, 1.54) is 0 Å². The summed E-state index contributed by atoms with van der Waals surface area (Å²) in [4.78, 5) is 26.5. The number of hydrogen-bond donors (Lipinski definition) is 1. The van der Waals surface area contributed by atoms with Crippen LogP contribution in [0.15, 0.2) is 4.52 Å². The molecule has 1 aromatic rings. The highest BCUT2D eigenvalue weighted by molar-refractivity contribution is 5.96. The van der Waals surface area contributed by atoms with Crippen molar-refractivity contribution >= 4 is 11.8 Å². The first-order valence-electron chi connectivity index (χ1n) is 8.04. The summed E-state index contributed by atoms with van der Waals surface area (Å²) in [5.74, 6) is 0.204. The van der Waals surface area contributed by atoms with E-state index in [1.807, 2.05) is 6.92 Å². The SMILES string of the molecule is CCc1noc(C)c1C(=O)N1CCO[C@@](COC)(CC(=O)NC)C1. The van der Waals surface area contributed by atoms with Gasteiger partial charge in [0, 0.05) is 20.7 Å². The van der Waals surface area contributed by atoms with Crippen molar-refractivity contribution in [3.8, 4) is 0 Å². The maximum absolute atomic E-state index is 12.9. The van der Waals surface area contributed by atoms with Gasteiger partial charge in [0.15, 0.2) is 0 Å². The fourth-order valence-electron chi connectivity index (χ4n) is 3.00. The zero-order valence-electron chi connectivity index (χ0n) is 14.7. The summed E-state index contributed by atoms with van der Waals surface area (Å²) in [6, 6.07) is 0. The molecule has 1 saturated heterocycles. The van der Waals surface area contributed by atoms with Gasteiger partial charge in [-0.1, -0.05) is 12.1 Å². The molecule has 0 bridgehead atoms. The highest BCUT2D eigenvalue weighted by atomic mass is 16.5. The molecule has 0 aromatic carbocycles. The molecule has 134 valence electrons. The number of ether oxygens (including phenoxy) is 2. The Kier molecular flexibility index (Phi) is 5.95. The van der Waals surface area contributed by atoms with Crippen LogP contribution >= 0.6 is 0 Å². The Hall–Kier alpha value is -1.93. The van der Waals surface area contributed by atoms with Crippen LogP contribution in [0.1, 0.15) is 35.2 Å². The Balaban J connectivity index is 2.23. The van der Waals surface area contributed by atoms with Gasteiger partial charge in [-0.25, -0.2) is 0 Å². The highest BCUT2D eigenvalue weighted by Crippen LogP contribution is 2.25. The molecule has 0 saturated carbocycles. The van der Waals surface area contributed by atoms with Crippen LogP contribution < -0.4 is 5.32 Å². The second-order valence-corrected chi connectivity index (χ2v) is 5.96. The van der Waals surface area contributed by atoms with Gasteiger partial charge in [-0.05, 0) is 13.3 Å². The minimum atomic E-state index is -0.847. The standard InChI is InChI=1S/C16H25N3O5/c1-5-12-14(11(2)24-18-12)15(21)19-6-7-23-16(9-19,10-22-4)8-13(20)17-3/h5-10H2,1-4H3,(H,17,20)/t16-/m0/s1. The van der Waals surface area contributed by atoms with E-state index >= 15 is 0 Å². The zero-order valence-corrected chi connectivity index (χ0v) is 14.7. The van der Waals surface area contributed by atoms with Crippen molar-refractivity contribution in [2.24, 2.45) is 0 Å². The summed E-state index contributed by atoms with van der Waals surface area (Å²) in [7, 11) is 3.12. The molecule has 8 nitrogen and oxygen atoms in total. The van der Waals surface area contributed by atoms with Crippen molar-refractivity contribution in [1.29, 1.82) is 0 Å². The molecule has 2 amide bonds. The summed E-state index contributed by atoms with van der Waals surface area (Å²) in [5.41, 5.74) is 0.304. The van der Waals surface area contributed by atoms with Crippen molar-refractivity contribution in [2.75, 3.05) is 40.5 Å². The molecule has 0 unspecified atom stereocenters. The predicted octanol–water partition coefficient (Wildman–Crippen LogP) is 0.539. The number of carbonyl (C=O) groups excluding carboxylic acids is 2. The van der Waals surface area contributed by atoms with Gasteiger partial charge in [0.2, 0.25) is 5.91 Å². The zero-order chi connectivity index (χ0) is 17.7. The molecule has 1 atom stereocenters. The third-order valence-corrected chi connectivity index (χ3v) is 4.19. The van der Waals surface area contributed by atoms with Gasteiger partial charge in [0.1, 0.15) is 16.9 Å². The molecule has 0 spiro atoms. The van der Waals surface area contributed by atoms with Gasteiger partial charge in [0.25, 0.3) is 5.91 Å². The van der Waals surface area contributed by atoms with E-state index in [-0.39, 0.29) is 31.4 Å². The van der Waals surface area contributed by atoms with Gasteiger partial charge in [-0.3, -0.25) is 9.59 Å². The fourth-order valence-corrected chi connectivity index (χ4v) is 3.00. The van der Waals surface area contributed by atoms with E-state index < -0.39 is 5.60 Å². The van der Waals surface area contributed by atoms with Crippen LogP contribution in [0.4, 0.5) is 0 Å². The van der Waals surface area contributed by atoms with Crippen molar-refractivity contribution in [2.45, 2.75) is 32.3 Å². The largest absolute Gasteiger partial charge is 0.382 e. The normalized spacial score (nSPS) is 20.9. The number of hydrogen-bond acceptors (Lipinski definition) is 6. The molecule has 1 N–H and O–H groups in total. The van der Waals surface area contributed by atoms with Gasteiger partial charge in [0.05, 0.1) is 31.9 Å². The van der Waals surface area contributed by atoms with Gasteiger partial charge in [-0.15, -0.1) is 0 Å². The maximum atomic E-state index is 12.9. The first-order valence-corrected chi connectivity index (χ1v) is 8.04. The van der Waals surface area contributed by atoms with Crippen molar-refractivity contribution in [3.05, 3.63) is 17.0 Å². The number of nitrogens with one attached hydrogen (secondary N) is 1. The van der Waals surface area contributed by atoms with E-state index in [9.17, 15) is 9.59 Å². The molecule has 1 aliphatic heterocycles. The van der Waals surface area contributed by atoms with Crippen LogP contribution in [-0.4, -0.2) is 67.9 Å². The molecule has 2 heterocycles. The summed E-state index contributed by atoms with van der Waals surface area (Å²) in [6.07, 6.45) is 0.745. The highest BCUT2D eigenvalue weighted by Gasteiger charge is 2.41. The average molecular weight is 339 g/mol. The number of aryl methyl sites for hydroxylation is 2. The summed E-state index contributed by atoms with van der Waals surface area (Å²) < 4.78 is 16.3. The van der Waals surface area contributed by atoms with Crippen LogP contribution in [-0.2, 0) is 20.7 Å². The lowest BCUT2D eigenvalue weighted by molar-refractivity contribution is -0.150. The summed E-state index contributed by atoms with van der Waals surface area (Å²) in [6.45, 7) is 4.96. The van der Waals surface area contributed by atoms with E-state index in [2.05, 4.69) is 10.5 Å². The maximum Gasteiger partial charge on any atom is 0.259 e. The first-order chi connectivity index (χ1) is 11.5. The van der Waals surface area contributed by atoms with E-state index in [1.54, 1.807) is 26.0 Å². The first kappa shape index (κ1) is 18.4. The van der Waals surface area contributed by atoms with Crippen molar-refractivity contribution in [3.63, 3.8) is 0 Å². The average Bonchev–Trinajstić information content (AvgIpc) is 2.95. The lowest BCUT2D eigenvalue weighted by Gasteiger charge is -2.42. The third-order valence-electron chi connectivity index (χ3n) is 4.19. The molecular weight excluding hydrogens is 314 g/mol. The van der Waals surface area contributed by atoms with Crippen molar-refractivity contribution in [1.82, 2.24) is 15.4 Å². The summed E-state index contributed by atoms with van der Waals surface area (Å²) in [5, 5.41) is 6.53. The number of carbonyl (C=O) groups is 2. The topological polar surface area (TPSA) is 93.9 Å². The fraction of sp³-hybridized carbons (Fsp3) is 0.688. The number of aromatic nitrogens is 1. The molecule has 8 heteroatoms. The minimum absolute atomic E-state index is 0.129. The van der Waals surface area contributed by atoms with Gasteiger partial charge < -0.3 is 24.2 Å². The number of morpholine rings is 1. The Morgan fingerprint density at radius 3 is 2.83 bits per heavy atom. The van der Waals surface area contributed by atoms with Crippen LogP contribution in [0.25, 0.3) is 0 Å². The van der Waals surface area contributed by atoms with Crippen molar-refractivity contribution < 1.29 is 23.6 Å². The van der Waals surface area contributed by atoms with Gasteiger partial charge in [-0.2, -0.15) is 0 Å². The Morgan fingerprint density at radius 2 is 2.21 bits per heavy atom. The smallest absolute Gasteiger partial charge is 0.259 e. The second-order valence-electron chi connectivity index (χ2n) is 5.96. The molecule has 2 rings (SSSR count). The van der Waals surface area contributed by atoms with Gasteiger partial charge >= 0.3 is 0 Å². The predicted molar refractivity (Wildman–Crippen MR) is 85.8 cm³/mol. The number of amides is 2. The molecule has 1 aliphatic rings. The molecule has 24 heavy (non-hydrogen) atoms. The quantitative estimate of drug-likeness (QED) is 0.813.